The Hall–Kier alpha value is -0.910. The molecule has 0 radical (unpaired) electrons. The number of hydrogen-bond acceptors (Lipinski definition) is 3. The highest BCUT2D eigenvalue weighted by Gasteiger charge is 2.33. The van der Waals surface area contributed by atoms with E-state index in [-0.39, 0.29) is 6.04 Å². The van der Waals surface area contributed by atoms with E-state index in [2.05, 4.69) is 17.0 Å². The quantitative estimate of drug-likeness (QED) is 0.811. The highest BCUT2D eigenvalue weighted by Crippen LogP contribution is 2.37. The maximum atomic E-state index is 12.3. The molecule has 20 heavy (non-hydrogen) atoms. The van der Waals surface area contributed by atoms with Gasteiger partial charge in [-0.3, -0.25) is 0 Å². The minimum Gasteiger partial charge on any atom is -0.310 e. The normalized spacial score (nSPS) is 23.6. The topological polar surface area (TPSA) is 58.2 Å². The highest BCUT2D eigenvalue weighted by atomic mass is 32.2. The van der Waals surface area contributed by atoms with Crippen molar-refractivity contribution in [3.8, 4) is 0 Å². The molecule has 1 aromatic carbocycles. The predicted octanol–water partition coefficient (Wildman–Crippen LogP) is 2.29. The van der Waals surface area contributed by atoms with Gasteiger partial charge in [-0.05, 0) is 49.4 Å². The van der Waals surface area contributed by atoms with Gasteiger partial charge in [0.1, 0.15) is 0 Å². The molecular weight excluding hydrogens is 272 g/mol. The second kappa shape index (κ2) is 6.24. The Balaban J connectivity index is 2.08. The van der Waals surface area contributed by atoms with E-state index < -0.39 is 10.0 Å². The van der Waals surface area contributed by atoms with E-state index in [9.17, 15) is 8.42 Å². The van der Waals surface area contributed by atoms with Crippen LogP contribution in [0.15, 0.2) is 29.2 Å². The first-order valence-electron chi connectivity index (χ1n) is 7.27. The van der Waals surface area contributed by atoms with Gasteiger partial charge >= 0.3 is 0 Å². The van der Waals surface area contributed by atoms with Crippen LogP contribution in [0.3, 0.4) is 0 Å². The lowest BCUT2D eigenvalue weighted by atomic mass is 10.1. The number of sulfonamides is 1. The average molecular weight is 296 g/mol. The van der Waals surface area contributed by atoms with E-state index in [1.54, 1.807) is 18.2 Å². The second-order valence-electron chi connectivity index (χ2n) is 5.68. The Labute approximate surface area is 122 Å². The molecule has 0 amide bonds. The number of nitrogens with one attached hydrogen (secondary N) is 2. The molecule has 2 N–H and O–H groups in total. The largest absolute Gasteiger partial charge is 0.310 e. The average Bonchev–Trinajstić information content (AvgIpc) is 3.13. The molecule has 4 nitrogen and oxygen atoms in total. The molecule has 1 aromatic rings. The lowest BCUT2D eigenvalue weighted by molar-refractivity contribution is 0.572. The summed E-state index contributed by atoms with van der Waals surface area (Å²) < 4.78 is 27.3. The standard InChI is InChI=1S/C15H24N2O2S/c1-4-16-12(3)13-6-5-7-15(9-13)20(18,19)17-10-14-8-11(14)2/h5-7,9,11-12,14,16-17H,4,8,10H2,1-3H3. The zero-order valence-electron chi connectivity index (χ0n) is 12.4. The van der Waals surface area contributed by atoms with Crippen LogP contribution in [0.5, 0.6) is 0 Å². The van der Waals surface area contributed by atoms with Crippen LogP contribution in [0.25, 0.3) is 0 Å². The molecule has 0 saturated heterocycles. The molecule has 1 aliphatic carbocycles. The molecule has 3 atom stereocenters. The third-order valence-electron chi connectivity index (χ3n) is 3.99. The van der Waals surface area contributed by atoms with Crippen molar-refractivity contribution < 1.29 is 8.42 Å². The van der Waals surface area contributed by atoms with E-state index in [1.807, 2.05) is 19.9 Å². The highest BCUT2D eigenvalue weighted by molar-refractivity contribution is 7.89. The second-order valence-corrected chi connectivity index (χ2v) is 7.44. The molecule has 1 aliphatic rings. The summed E-state index contributed by atoms with van der Waals surface area (Å²) in [4.78, 5) is 0.355. The van der Waals surface area contributed by atoms with Crippen LogP contribution in [0.2, 0.25) is 0 Å². The van der Waals surface area contributed by atoms with Gasteiger partial charge in [-0.25, -0.2) is 13.1 Å². The molecule has 5 heteroatoms. The smallest absolute Gasteiger partial charge is 0.240 e. The first-order chi connectivity index (χ1) is 9.44. The van der Waals surface area contributed by atoms with Crippen LogP contribution in [0.4, 0.5) is 0 Å². The van der Waals surface area contributed by atoms with Gasteiger partial charge in [-0.15, -0.1) is 0 Å². The summed E-state index contributed by atoms with van der Waals surface area (Å²) in [5, 5.41) is 3.29. The van der Waals surface area contributed by atoms with Crippen molar-refractivity contribution in [3.63, 3.8) is 0 Å². The summed E-state index contributed by atoms with van der Waals surface area (Å²) >= 11 is 0. The summed E-state index contributed by atoms with van der Waals surface area (Å²) in [7, 11) is -3.39. The summed E-state index contributed by atoms with van der Waals surface area (Å²) in [5.74, 6) is 1.16. The van der Waals surface area contributed by atoms with Crippen molar-refractivity contribution in [1.29, 1.82) is 0 Å². The molecule has 2 rings (SSSR count). The predicted molar refractivity (Wildman–Crippen MR) is 81.0 cm³/mol. The lowest BCUT2D eigenvalue weighted by Crippen LogP contribution is -2.26. The van der Waals surface area contributed by atoms with E-state index in [4.69, 9.17) is 0 Å². The Morgan fingerprint density at radius 2 is 2.10 bits per heavy atom. The number of hydrogen-bond donors (Lipinski definition) is 2. The van der Waals surface area contributed by atoms with Crippen molar-refractivity contribution >= 4 is 10.0 Å². The van der Waals surface area contributed by atoms with Crippen molar-refractivity contribution in [2.75, 3.05) is 13.1 Å². The third kappa shape index (κ3) is 3.81. The van der Waals surface area contributed by atoms with Gasteiger partial charge in [-0.1, -0.05) is 26.0 Å². The lowest BCUT2D eigenvalue weighted by Gasteiger charge is -2.14. The van der Waals surface area contributed by atoms with E-state index in [0.717, 1.165) is 18.5 Å². The minimum atomic E-state index is -3.39. The number of benzene rings is 1. The summed E-state index contributed by atoms with van der Waals surface area (Å²) in [6, 6.07) is 7.32. The summed E-state index contributed by atoms with van der Waals surface area (Å²) in [5.41, 5.74) is 0.995. The van der Waals surface area contributed by atoms with Gasteiger partial charge in [0.2, 0.25) is 10.0 Å². The summed E-state index contributed by atoms with van der Waals surface area (Å²) in [6.45, 7) is 7.63. The molecule has 1 saturated carbocycles. The van der Waals surface area contributed by atoms with Gasteiger partial charge in [0.05, 0.1) is 4.90 Å². The van der Waals surface area contributed by atoms with Crippen molar-refractivity contribution in [2.45, 2.75) is 38.1 Å². The van der Waals surface area contributed by atoms with Crippen LogP contribution >= 0.6 is 0 Å². The molecule has 1 fully saturated rings. The molecule has 0 bridgehead atoms. The van der Waals surface area contributed by atoms with Gasteiger partial charge < -0.3 is 5.32 Å². The molecule has 3 unspecified atom stereocenters. The van der Waals surface area contributed by atoms with E-state index >= 15 is 0 Å². The molecule has 112 valence electrons. The SMILES string of the molecule is CCNC(C)c1cccc(S(=O)(=O)NCC2CC2C)c1. The monoisotopic (exact) mass is 296 g/mol. The van der Waals surface area contributed by atoms with Gasteiger partial charge in [-0.2, -0.15) is 0 Å². The minimum absolute atomic E-state index is 0.151. The Kier molecular flexibility index (Phi) is 4.83. The third-order valence-corrected chi connectivity index (χ3v) is 5.41. The fraction of sp³-hybridized carbons (Fsp3) is 0.600. The van der Waals surface area contributed by atoms with Gasteiger partial charge in [0, 0.05) is 12.6 Å². The Morgan fingerprint density at radius 1 is 1.40 bits per heavy atom. The van der Waals surface area contributed by atoms with Crippen LogP contribution < -0.4 is 10.0 Å². The van der Waals surface area contributed by atoms with Gasteiger partial charge in [0.25, 0.3) is 0 Å². The zero-order chi connectivity index (χ0) is 14.8. The maximum absolute atomic E-state index is 12.3. The van der Waals surface area contributed by atoms with Crippen molar-refractivity contribution in [3.05, 3.63) is 29.8 Å². The van der Waals surface area contributed by atoms with Crippen LogP contribution in [0.1, 0.15) is 38.8 Å². The van der Waals surface area contributed by atoms with Crippen LogP contribution in [0, 0.1) is 11.8 Å². The van der Waals surface area contributed by atoms with E-state index in [1.165, 1.54) is 0 Å². The fourth-order valence-corrected chi connectivity index (χ4v) is 3.51. The molecular formula is C15H24N2O2S. The van der Waals surface area contributed by atoms with Gasteiger partial charge in [0.15, 0.2) is 0 Å². The molecule has 0 aromatic heterocycles. The molecule has 0 aliphatic heterocycles. The first kappa shape index (κ1) is 15.5. The Bertz CT molecular complexity index is 557. The van der Waals surface area contributed by atoms with Crippen LogP contribution in [-0.4, -0.2) is 21.5 Å². The maximum Gasteiger partial charge on any atom is 0.240 e. The Morgan fingerprint density at radius 3 is 2.70 bits per heavy atom. The summed E-state index contributed by atoms with van der Waals surface area (Å²) in [6.07, 6.45) is 1.13. The molecule has 0 heterocycles. The molecule has 0 spiro atoms. The van der Waals surface area contributed by atoms with Crippen molar-refractivity contribution in [2.24, 2.45) is 11.8 Å². The van der Waals surface area contributed by atoms with Crippen LogP contribution in [-0.2, 0) is 10.0 Å². The first-order valence-corrected chi connectivity index (χ1v) is 8.75. The number of rotatable bonds is 7. The van der Waals surface area contributed by atoms with E-state index in [0.29, 0.717) is 23.3 Å². The zero-order valence-corrected chi connectivity index (χ0v) is 13.2. The fourth-order valence-electron chi connectivity index (χ4n) is 2.36. The van der Waals surface area contributed by atoms with Crippen molar-refractivity contribution in [1.82, 2.24) is 10.0 Å².